The molecule has 0 unspecified atom stereocenters. The van der Waals surface area contributed by atoms with Crippen molar-refractivity contribution < 1.29 is 18.0 Å². The number of amides is 1. The maximum atomic E-state index is 12.4. The number of nitrogens with one attached hydrogen (secondary N) is 1. The summed E-state index contributed by atoms with van der Waals surface area (Å²) in [4.78, 5) is 22.0. The molecular formula is C15H20N4O4S. The molecule has 0 saturated carbocycles. The van der Waals surface area contributed by atoms with Crippen LogP contribution >= 0.6 is 0 Å². The van der Waals surface area contributed by atoms with E-state index in [1.165, 1.54) is 4.31 Å². The van der Waals surface area contributed by atoms with E-state index in [-0.39, 0.29) is 23.9 Å². The second-order valence-electron chi connectivity index (χ2n) is 6.06. The highest BCUT2D eigenvalue weighted by molar-refractivity contribution is 7.89. The van der Waals surface area contributed by atoms with Crippen LogP contribution in [0.5, 0.6) is 0 Å². The molecule has 1 N–H and O–H groups in total. The van der Waals surface area contributed by atoms with Crippen LogP contribution < -0.4 is 5.32 Å². The number of hydrogen-bond donors (Lipinski definition) is 1. The fourth-order valence-corrected chi connectivity index (χ4v) is 4.07. The number of pyridine rings is 1. The third-order valence-corrected chi connectivity index (χ3v) is 6.22. The van der Waals surface area contributed by atoms with Gasteiger partial charge in [0.15, 0.2) is 5.60 Å². The molecule has 2 aliphatic heterocycles. The summed E-state index contributed by atoms with van der Waals surface area (Å²) < 4.78 is 25.4. The molecule has 1 aromatic heterocycles. The molecule has 0 bridgehead atoms. The van der Waals surface area contributed by atoms with Crippen molar-refractivity contribution in [3.8, 4) is 0 Å². The molecule has 2 aliphatic rings. The lowest BCUT2D eigenvalue weighted by atomic mass is 9.96. The van der Waals surface area contributed by atoms with Crippen molar-refractivity contribution in [3.05, 3.63) is 24.0 Å². The van der Waals surface area contributed by atoms with Crippen LogP contribution in [0.4, 0.5) is 5.69 Å². The van der Waals surface area contributed by atoms with Crippen molar-refractivity contribution in [2.75, 3.05) is 24.2 Å². The van der Waals surface area contributed by atoms with Crippen molar-refractivity contribution in [2.24, 2.45) is 5.16 Å². The van der Waals surface area contributed by atoms with E-state index >= 15 is 0 Å². The molecule has 0 aliphatic carbocycles. The summed E-state index contributed by atoms with van der Waals surface area (Å²) in [5.41, 5.74) is 0.877. The third kappa shape index (κ3) is 3.13. The second kappa shape index (κ2) is 6.14. The van der Waals surface area contributed by atoms with Crippen LogP contribution in [0, 0.1) is 6.92 Å². The molecule has 1 saturated heterocycles. The lowest BCUT2D eigenvalue weighted by molar-refractivity contribution is -0.110. The first-order chi connectivity index (χ1) is 11.4. The zero-order valence-corrected chi connectivity index (χ0v) is 14.5. The van der Waals surface area contributed by atoms with Crippen LogP contribution in [0.2, 0.25) is 0 Å². The number of rotatable bonds is 4. The minimum atomic E-state index is -3.26. The van der Waals surface area contributed by atoms with Crippen LogP contribution in [0.25, 0.3) is 0 Å². The maximum absolute atomic E-state index is 12.4. The van der Waals surface area contributed by atoms with E-state index < -0.39 is 15.6 Å². The molecule has 3 heterocycles. The summed E-state index contributed by atoms with van der Waals surface area (Å²) in [5.74, 6) is -0.294. The third-order valence-electron chi connectivity index (χ3n) is 4.40. The van der Waals surface area contributed by atoms with Crippen molar-refractivity contribution in [1.29, 1.82) is 0 Å². The van der Waals surface area contributed by atoms with Gasteiger partial charge >= 0.3 is 0 Å². The van der Waals surface area contributed by atoms with E-state index in [2.05, 4.69) is 15.5 Å². The minimum absolute atomic E-state index is 0.0531. The van der Waals surface area contributed by atoms with E-state index in [1.54, 1.807) is 32.2 Å². The van der Waals surface area contributed by atoms with E-state index in [1.807, 2.05) is 0 Å². The van der Waals surface area contributed by atoms with E-state index in [0.717, 1.165) is 0 Å². The molecule has 3 rings (SSSR count). The van der Waals surface area contributed by atoms with Crippen molar-refractivity contribution in [1.82, 2.24) is 9.29 Å². The average molecular weight is 352 g/mol. The average Bonchev–Trinajstić information content (AvgIpc) is 3.18. The summed E-state index contributed by atoms with van der Waals surface area (Å²) in [5, 5.41) is 6.67. The molecule has 0 aromatic carbocycles. The van der Waals surface area contributed by atoms with Crippen molar-refractivity contribution >= 4 is 27.3 Å². The van der Waals surface area contributed by atoms with Gasteiger partial charge < -0.3 is 10.2 Å². The topological polar surface area (TPSA) is 101 Å². The first-order valence-corrected chi connectivity index (χ1v) is 9.42. The fourth-order valence-electron chi connectivity index (χ4n) is 2.90. The first kappa shape index (κ1) is 16.8. The Hall–Kier alpha value is -2.00. The van der Waals surface area contributed by atoms with Gasteiger partial charge in [-0.25, -0.2) is 8.42 Å². The smallest absolute Gasteiger partial charge is 0.273 e. The molecule has 1 aromatic rings. The number of carbonyl (C=O) groups is 1. The predicted molar refractivity (Wildman–Crippen MR) is 89.1 cm³/mol. The van der Waals surface area contributed by atoms with Crippen LogP contribution in [0.15, 0.2) is 23.5 Å². The van der Waals surface area contributed by atoms with Gasteiger partial charge in [0.2, 0.25) is 10.0 Å². The Morgan fingerprint density at radius 1 is 1.50 bits per heavy atom. The maximum Gasteiger partial charge on any atom is 0.273 e. The van der Waals surface area contributed by atoms with Crippen molar-refractivity contribution in [3.63, 3.8) is 0 Å². The summed E-state index contributed by atoms with van der Waals surface area (Å²) in [6.07, 6.45) is 2.48. The molecule has 1 amide bonds. The fraction of sp³-hybridized carbons (Fsp3) is 0.533. The number of anilines is 1. The van der Waals surface area contributed by atoms with Gasteiger partial charge in [0.25, 0.3) is 5.91 Å². The first-order valence-electron chi connectivity index (χ1n) is 7.81. The van der Waals surface area contributed by atoms with Gasteiger partial charge in [0, 0.05) is 25.6 Å². The lowest BCUT2D eigenvalue weighted by Crippen LogP contribution is -2.38. The molecule has 24 heavy (non-hydrogen) atoms. The van der Waals surface area contributed by atoms with E-state index in [0.29, 0.717) is 30.8 Å². The van der Waals surface area contributed by atoms with Crippen LogP contribution in [0.1, 0.15) is 25.5 Å². The molecular weight excluding hydrogens is 332 g/mol. The number of hydrogen-bond acceptors (Lipinski definition) is 6. The van der Waals surface area contributed by atoms with Gasteiger partial charge in [-0.2, -0.15) is 4.31 Å². The second-order valence-corrected chi connectivity index (χ2v) is 8.32. The molecule has 0 radical (unpaired) electrons. The number of aromatic nitrogens is 1. The normalized spacial score (nSPS) is 24.0. The van der Waals surface area contributed by atoms with Gasteiger partial charge in [-0.15, -0.1) is 0 Å². The predicted octanol–water partition coefficient (Wildman–Crippen LogP) is 0.899. The molecule has 1 atom stereocenters. The Bertz CT molecular complexity index is 792. The summed E-state index contributed by atoms with van der Waals surface area (Å²) >= 11 is 0. The highest BCUT2D eigenvalue weighted by Crippen LogP contribution is 2.35. The van der Waals surface area contributed by atoms with Gasteiger partial charge in [-0.3, -0.25) is 9.78 Å². The Morgan fingerprint density at radius 2 is 2.29 bits per heavy atom. The van der Waals surface area contributed by atoms with E-state index in [4.69, 9.17) is 4.84 Å². The zero-order valence-electron chi connectivity index (χ0n) is 13.7. The van der Waals surface area contributed by atoms with Crippen LogP contribution in [-0.4, -0.2) is 53.8 Å². The van der Waals surface area contributed by atoms with Crippen LogP contribution in [-0.2, 0) is 19.7 Å². The van der Waals surface area contributed by atoms with Gasteiger partial charge in [0.05, 0.1) is 23.7 Å². The molecule has 1 fully saturated rings. The number of nitrogens with zero attached hydrogens (tertiary/aromatic N) is 3. The highest BCUT2D eigenvalue weighted by Gasteiger charge is 2.49. The Morgan fingerprint density at radius 3 is 3.00 bits per heavy atom. The molecule has 9 heteroatoms. The monoisotopic (exact) mass is 352 g/mol. The zero-order chi connectivity index (χ0) is 17.4. The largest absolute Gasteiger partial charge is 0.387 e. The van der Waals surface area contributed by atoms with Gasteiger partial charge in [-0.05, 0) is 26.0 Å². The minimum Gasteiger partial charge on any atom is -0.387 e. The standard InChI is InChI=1S/C15H20N4O4S/c1-3-24(21,22)19-8-6-15(10-19)9-13(18-23-15)14(20)17-12-5-4-7-16-11(12)2/h4-5,7H,3,6,8-10H2,1-2H3,(H,17,20)/t15-/m0/s1. The Kier molecular flexibility index (Phi) is 4.31. The SMILES string of the molecule is CCS(=O)(=O)N1CC[C@]2(CC(C(=O)Nc3cccnc3C)=NO2)C1. The molecule has 1 spiro atoms. The summed E-state index contributed by atoms with van der Waals surface area (Å²) in [6.45, 7) is 4.04. The quantitative estimate of drug-likeness (QED) is 0.867. The Balaban J connectivity index is 1.65. The molecule has 130 valence electrons. The van der Waals surface area contributed by atoms with E-state index in [9.17, 15) is 13.2 Å². The number of oxime groups is 1. The lowest BCUT2D eigenvalue weighted by Gasteiger charge is -2.21. The number of carbonyl (C=O) groups excluding carboxylic acids is 1. The Labute approximate surface area is 140 Å². The highest BCUT2D eigenvalue weighted by atomic mass is 32.2. The van der Waals surface area contributed by atoms with Gasteiger partial charge in [0.1, 0.15) is 5.71 Å². The molecule has 8 nitrogen and oxygen atoms in total. The summed E-state index contributed by atoms with van der Waals surface area (Å²) in [7, 11) is -3.26. The van der Waals surface area contributed by atoms with Crippen molar-refractivity contribution in [2.45, 2.75) is 32.3 Å². The van der Waals surface area contributed by atoms with Gasteiger partial charge in [-0.1, -0.05) is 5.16 Å². The van der Waals surface area contributed by atoms with Crippen LogP contribution in [0.3, 0.4) is 0 Å². The number of aryl methyl sites for hydroxylation is 1. The summed E-state index contributed by atoms with van der Waals surface area (Å²) in [6, 6.07) is 3.50. The number of sulfonamides is 1.